The smallest absolute Gasteiger partial charge is 0.244 e. The lowest BCUT2D eigenvalue weighted by Crippen LogP contribution is -2.24. The maximum atomic E-state index is 12.4. The summed E-state index contributed by atoms with van der Waals surface area (Å²) in [5.41, 5.74) is 0. The number of hydrogen-bond acceptors (Lipinski definition) is 5. The second-order valence-corrected chi connectivity index (χ2v) is 8.20. The van der Waals surface area contributed by atoms with Gasteiger partial charge in [0.1, 0.15) is 10.7 Å². The molecule has 2 aromatic heterocycles. The first kappa shape index (κ1) is 16.4. The predicted octanol–water partition coefficient (Wildman–Crippen LogP) is 2.99. The molecule has 0 radical (unpaired) electrons. The maximum Gasteiger partial charge on any atom is 0.244 e. The summed E-state index contributed by atoms with van der Waals surface area (Å²) in [6.07, 6.45) is 2.51. The lowest BCUT2D eigenvalue weighted by atomic mass is 10.4. The Morgan fingerprint density at radius 2 is 2.05 bits per heavy atom. The van der Waals surface area contributed by atoms with Crippen molar-refractivity contribution < 1.29 is 8.42 Å². The van der Waals surface area contributed by atoms with Crippen molar-refractivity contribution >= 4 is 43.1 Å². The number of hydrogen-bond donors (Lipinski definition) is 2. The molecular formula is C13H16BrN3O2S2. The summed E-state index contributed by atoms with van der Waals surface area (Å²) in [6.45, 7) is 2.36. The van der Waals surface area contributed by atoms with Crippen molar-refractivity contribution in [3.05, 3.63) is 38.6 Å². The molecule has 0 bridgehead atoms. The van der Waals surface area contributed by atoms with Gasteiger partial charge in [0.2, 0.25) is 10.0 Å². The summed E-state index contributed by atoms with van der Waals surface area (Å²) in [5, 5.41) is 2.79. The highest BCUT2D eigenvalue weighted by atomic mass is 79.9. The molecule has 8 heteroatoms. The van der Waals surface area contributed by atoms with Crippen molar-refractivity contribution in [3.8, 4) is 0 Å². The van der Waals surface area contributed by atoms with Crippen LogP contribution in [0.1, 0.15) is 16.7 Å². The van der Waals surface area contributed by atoms with Crippen LogP contribution in [0.3, 0.4) is 0 Å². The molecule has 0 saturated heterocycles. The van der Waals surface area contributed by atoms with Gasteiger partial charge in [-0.15, -0.1) is 11.3 Å². The molecule has 0 unspecified atom stereocenters. The normalized spacial score (nSPS) is 11.6. The number of aromatic nitrogens is 1. The van der Waals surface area contributed by atoms with E-state index in [-0.39, 0.29) is 11.4 Å². The summed E-state index contributed by atoms with van der Waals surface area (Å²) in [6, 6.07) is 5.51. The van der Waals surface area contributed by atoms with Crippen LogP contribution < -0.4 is 10.0 Å². The third-order valence-electron chi connectivity index (χ3n) is 2.85. The van der Waals surface area contributed by atoms with Crippen LogP contribution in [-0.4, -0.2) is 20.4 Å². The van der Waals surface area contributed by atoms with E-state index in [1.807, 2.05) is 12.1 Å². The van der Waals surface area contributed by atoms with Gasteiger partial charge in [0, 0.05) is 34.0 Å². The van der Waals surface area contributed by atoms with Gasteiger partial charge in [0.15, 0.2) is 0 Å². The molecule has 0 fully saturated rings. The van der Waals surface area contributed by atoms with Crippen molar-refractivity contribution in [2.75, 3.05) is 12.4 Å². The molecule has 0 spiro atoms. The summed E-state index contributed by atoms with van der Waals surface area (Å²) in [7, 11) is -1.98. The zero-order chi connectivity index (χ0) is 15.5. The Hall–Kier alpha value is -0.960. The van der Waals surface area contributed by atoms with E-state index in [0.717, 1.165) is 11.3 Å². The van der Waals surface area contributed by atoms with Gasteiger partial charge in [0.05, 0.1) is 0 Å². The molecule has 0 saturated carbocycles. The van der Waals surface area contributed by atoms with Gasteiger partial charge in [0.25, 0.3) is 0 Å². The quantitative estimate of drug-likeness (QED) is 0.796. The second kappa shape index (κ2) is 6.87. The van der Waals surface area contributed by atoms with Crippen LogP contribution in [0.5, 0.6) is 0 Å². The van der Waals surface area contributed by atoms with E-state index in [1.165, 1.54) is 10.9 Å². The summed E-state index contributed by atoms with van der Waals surface area (Å²) >= 11 is 4.86. The topological polar surface area (TPSA) is 71.1 Å². The number of aryl methyl sites for hydroxylation is 1. The van der Waals surface area contributed by atoms with Crippen LogP contribution in [0.25, 0.3) is 0 Å². The molecule has 114 valence electrons. The van der Waals surface area contributed by atoms with E-state index in [4.69, 9.17) is 0 Å². The van der Waals surface area contributed by atoms with Gasteiger partial charge in [-0.1, -0.05) is 6.92 Å². The minimum Gasteiger partial charge on any atom is -0.372 e. The number of nitrogens with zero attached hydrogens (tertiary/aromatic N) is 1. The largest absolute Gasteiger partial charge is 0.372 e. The SMILES string of the molecule is CCc1ccc(CNS(=O)(=O)c2cc(Br)cnc2NC)s1. The van der Waals surface area contributed by atoms with Crippen LogP contribution in [0.4, 0.5) is 5.82 Å². The number of sulfonamides is 1. The molecule has 0 aromatic carbocycles. The zero-order valence-electron chi connectivity index (χ0n) is 11.7. The Balaban J connectivity index is 2.20. The van der Waals surface area contributed by atoms with Crippen LogP contribution in [0.15, 0.2) is 33.8 Å². The fraction of sp³-hybridized carbons (Fsp3) is 0.308. The highest BCUT2D eigenvalue weighted by Gasteiger charge is 2.19. The van der Waals surface area contributed by atoms with E-state index in [0.29, 0.717) is 10.3 Å². The average Bonchev–Trinajstić information content (AvgIpc) is 2.93. The fourth-order valence-electron chi connectivity index (χ4n) is 1.76. The van der Waals surface area contributed by atoms with E-state index in [1.54, 1.807) is 24.6 Å². The van der Waals surface area contributed by atoms with E-state index in [9.17, 15) is 8.42 Å². The number of nitrogens with one attached hydrogen (secondary N) is 2. The summed E-state index contributed by atoms with van der Waals surface area (Å²) < 4.78 is 28.0. The van der Waals surface area contributed by atoms with Gasteiger partial charge in [-0.3, -0.25) is 0 Å². The zero-order valence-corrected chi connectivity index (χ0v) is 14.9. The maximum absolute atomic E-state index is 12.4. The van der Waals surface area contributed by atoms with Crippen molar-refractivity contribution in [2.24, 2.45) is 0 Å². The van der Waals surface area contributed by atoms with E-state index >= 15 is 0 Å². The lowest BCUT2D eigenvalue weighted by molar-refractivity contribution is 0.581. The van der Waals surface area contributed by atoms with Crippen LogP contribution in [0, 0.1) is 0 Å². The van der Waals surface area contributed by atoms with Gasteiger partial charge in [-0.25, -0.2) is 18.1 Å². The summed E-state index contributed by atoms with van der Waals surface area (Å²) in [4.78, 5) is 6.42. The van der Waals surface area contributed by atoms with Crippen molar-refractivity contribution in [1.82, 2.24) is 9.71 Å². The number of rotatable bonds is 6. The van der Waals surface area contributed by atoms with E-state index < -0.39 is 10.0 Å². The number of pyridine rings is 1. The molecule has 0 atom stereocenters. The lowest BCUT2D eigenvalue weighted by Gasteiger charge is -2.10. The van der Waals surface area contributed by atoms with Crippen LogP contribution in [-0.2, 0) is 23.0 Å². The van der Waals surface area contributed by atoms with E-state index in [2.05, 4.69) is 37.9 Å². The molecule has 2 N–H and O–H groups in total. The van der Waals surface area contributed by atoms with Gasteiger partial charge >= 0.3 is 0 Å². The monoisotopic (exact) mass is 389 g/mol. The first-order chi connectivity index (χ1) is 9.96. The third-order valence-corrected chi connectivity index (χ3v) is 5.93. The van der Waals surface area contributed by atoms with Crippen LogP contribution >= 0.6 is 27.3 Å². The van der Waals surface area contributed by atoms with Gasteiger partial charge in [-0.05, 0) is 40.5 Å². The predicted molar refractivity (Wildman–Crippen MR) is 89.2 cm³/mol. The molecule has 21 heavy (non-hydrogen) atoms. The molecule has 0 aliphatic heterocycles. The van der Waals surface area contributed by atoms with Crippen molar-refractivity contribution in [1.29, 1.82) is 0 Å². The van der Waals surface area contributed by atoms with Gasteiger partial charge in [-0.2, -0.15) is 0 Å². The highest BCUT2D eigenvalue weighted by molar-refractivity contribution is 9.10. The average molecular weight is 390 g/mol. The first-order valence-corrected chi connectivity index (χ1v) is 9.46. The molecule has 2 aromatic rings. The number of halogens is 1. The molecule has 2 rings (SSSR count). The van der Waals surface area contributed by atoms with Crippen molar-refractivity contribution in [2.45, 2.75) is 24.8 Å². The Morgan fingerprint density at radius 3 is 2.67 bits per heavy atom. The molecule has 0 amide bonds. The Morgan fingerprint density at radius 1 is 1.33 bits per heavy atom. The molecule has 0 aliphatic rings. The number of thiophene rings is 1. The molecular weight excluding hydrogens is 374 g/mol. The Labute approximate surface area is 137 Å². The third kappa shape index (κ3) is 4.03. The Kier molecular flexibility index (Phi) is 5.37. The molecule has 0 aliphatic carbocycles. The minimum atomic E-state index is -3.62. The van der Waals surface area contributed by atoms with Crippen molar-refractivity contribution in [3.63, 3.8) is 0 Å². The minimum absolute atomic E-state index is 0.131. The van der Waals surface area contributed by atoms with Gasteiger partial charge < -0.3 is 5.32 Å². The number of anilines is 1. The summed E-state index contributed by atoms with van der Waals surface area (Å²) in [5.74, 6) is 0.325. The Bertz CT molecular complexity index is 729. The highest BCUT2D eigenvalue weighted by Crippen LogP contribution is 2.23. The second-order valence-electron chi connectivity index (χ2n) is 4.30. The molecule has 5 nitrogen and oxygen atoms in total. The molecule has 2 heterocycles. The fourth-order valence-corrected chi connectivity index (χ4v) is 4.43. The van der Waals surface area contributed by atoms with Crippen LogP contribution in [0.2, 0.25) is 0 Å². The first-order valence-electron chi connectivity index (χ1n) is 6.37. The standard InChI is InChI=1S/C13H16BrN3O2S2/c1-3-10-4-5-11(20-10)8-17-21(18,19)12-6-9(14)7-16-13(12)15-2/h4-7,17H,3,8H2,1-2H3,(H,15,16).